The van der Waals surface area contributed by atoms with Crippen molar-refractivity contribution in [3.63, 3.8) is 0 Å². The second-order valence-electron chi connectivity index (χ2n) is 9.64. The molecule has 1 aromatic heterocycles. The van der Waals surface area contributed by atoms with Gasteiger partial charge in [-0.25, -0.2) is 4.79 Å². The molecule has 0 aliphatic carbocycles. The van der Waals surface area contributed by atoms with Crippen LogP contribution in [0.25, 0.3) is 0 Å². The standard InChI is InChI=1S/C24H25N5O4.C2HF3O2/c1-31-19-5-3-18(4-6-19)25-24(30)23-27-26-22-9-16-11-28(12-17(16)13-29(22)23)10-15-2-7-20-21(8-15)33-14-32-20;3-2(4,5)1(6)7/h2-8,16-17H,9-14H2,1H3,(H,25,30);(H,6,7). The Morgan fingerprint density at radius 3 is 2.45 bits per heavy atom. The number of nitrogens with one attached hydrogen (secondary N) is 1. The molecule has 212 valence electrons. The number of carboxylic acid groups (broad SMARTS) is 1. The van der Waals surface area contributed by atoms with Gasteiger partial charge in [0.1, 0.15) is 11.6 Å². The van der Waals surface area contributed by atoms with E-state index in [9.17, 15) is 18.0 Å². The van der Waals surface area contributed by atoms with E-state index in [2.05, 4.69) is 32.5 Å². The number of alkyl halides is 3. The Bertz CT molecular complexity index is 1390. The Hall–Kier alpha value is -4.33. The molecule has 2 N–H and O–H groups in total. The van der Waals surface area contributed by atoms with Crippen molar-refractivity contribution in [1.29, 1.82) is 0 Å². The van der Waals surface area contributed by atoms with Crippen molar-refractivity contribution >= 4 is 17.6 Å². The van der Waals surface area contributed by atoms with Crippen LogP contribution in [0.3, 0.4) is 0 Å². The van der Waals surface area contributed by atoms with Gasteiger partial charge >= 0.3 is 12.1 Å². The molecule has 6 rings (SSSR count). The van der Waals surface area contributed by atoms with E-state index in [0.717, 1.165) is 55.7 Å². The van der Waals surface area contributed by atoms with Crippen molar-refractivity contribution in [3.8, 4) is 17.2 Å². The lowest BCUT2D eigenvalue weighted by Gasteiger charge is -2.25. The van der Waals surface area contributed by atoms with E-state index in [1.54, 1.807) is 7.11 Å². The van der Waals surface area contributed by atoms with Crippen molar-refractivity contribution < 1.29 is 42.1 Å². The fourth-order valence-electron chi connectivity index (χ4n) is 5.08. The number of aromatic nitrogens is 3. The number of rotatable bonds is 5. The van der Waals surface area contributed by atoms with Gasteiger partial charge in [0.25, 0.3) is 5.91 Å². The summed E-state index contributed by atoms with van der Waals surface area (Å²) in [6.07, 6.45) is -4.24. The van der Waals surface area contributed by atoms with Crippen molar-refractivity contribution in [1.82, 2.24) is 19.7 Å². The zero-order valence-electron chi connectivity index (χ0n) is 21.3. The number of carboxylic acids is 1. The first-order chi connectivity index (χ1) is 19.1. The molecular formula is C26H26F3N5O6. The lowest BCUT2D eigenvalue weighted by atomic mass is 9.89. The second kappa shape index (κ2) is 11.0. The maximum absolute atomic E-state index is 12.9. The normalized spacial score (nSPS) is 19.2. The van der Waals surface area contributed by atoms with Gasteiger partial charge in [0.2, 0.25) is 12.6 Å². The van der Waals surface area contributed by atoms with Crippen LogP contribution in [-0.2, 0) is 24.3 Å². The molecule has 2 unspecified atom stereocenters. The maximum atomic E-state index is 12.9. The molecule has 0 bridgehead atoms. The maximum Gasteiger partial charge on any atom is 0.490 e. The molecule has 4 heterocycles. The number of nitrogens with zero attached hydrogens (tertiary/aromatic N) is 4. The number of ether oxygens (including phenoxy) is 3. The summed E-state index contributed by atoms with van der Waals surface area (Å²) in [6, 6.07) is 13.4. The Morgan fingerprint density at radius 1 is 1.05 bits per heavy atom. The van der Waals surface area contributed by atoms with E-state index < -0.39 is 12.1 Å². The van der Waals surface area contributed by atoms with Crippen LogP contribution in [0.15, 0.2) is 42.5 Å². The van der Waals surface area contributed by atoms with E-state index in [1.165, 1.54) is 5.56 Å². The van der Waals surface area contributed by atoms with Gasteiger partial charge in [-0.2, -0.15) is 13.2 Å². The molecule has 3 aliphatic rings. The van der Waals surface area contributed by atoms with E-state index >= 15 is 0 Å². The minimum absolute atomic E-state index is 0.243. The van der Waals surface area contributed by atoms with Crippen LogP contribution in [0.4, 0.5) is 18.9 Å². The van der Waals surface area contributed by atoms with Gasteiger partial charge in [-0.05, 0) is 53.8 Å². The van der Waals surface area contributed by atoms with Crippen LogP contribution in [-0.4, -0.2) is 69.8 Å². The number of carbonyl (C=O) groups is 2. The number of fused-ring (bicyclic) bond motifs is 3. The largest absolute Gasteiger partial charge is 0.497 e. The second-order valence-corrected chi connectivity index (χ2v) is 9.64. The molecule has 40 heavy (non-hydrogen) atoms. The van der Waals surface area contributed by atoms with Crippen molar-refractivity contribution in [3.05, 3.63) is 59.7 Å². The summed E-state index contributed by atoms with van der Waals surface area (Å²) in [5.74, 6) is 1.62. The molecule has 3 aromatic rings. The molecule has 0 saturated carbocycles. The quantitative estimate of drug-likeness (QED) is 0.483. The highest BCUT2D eigenvalue weighted by Crippen LogP contribution is 2.36. The van der Waals surface area contributed by atoms with Gasteiger partial charge in [-0.15, -0.1) is 10.2 Å². The van der Waals surface area contributed by atoms with Crippen LogP contribution in [0, 0.1) is 11.8 Å². The van der Waals surface area contributed by atoms with E-state index in [-0.39, 0.29) is 5.91 Å². The van der Waals surface area contributed by atoms with Crippen molar-refractivity contribution in [2.75, 3.05) is 32.3 Å². The number of halogens is 3. The number of anilines is 1. The molecule has 1 amide bonds. The highest BCUT2D eigenvalue weighted by Gasteiger charge is 2.39. The molecule has 0 spiro atoms. The van der Waals surface area contributed by atoms with Gasteiger partial charge in [-0.1, -0.05) is 6.07 Å². The summed E-state index contributed by atoms with van der Waals surface area (Å²) in [5, 5.41) is 18.6. The predicted molar refractivity (Wildman–Crippen MR) is 133 cm³/mol. The number of carbonyl (C=O) groups excluding carboxylic acids is 1. The number of likely N-dealkylation sites (tertiary alicyclic amines) is 1. The third-order valence-electron chi connectivity index (χ3n) is 6.98. The summed E-state index contributed by atoms with van der Waals surface area (Å²) >= 11 is 0. The van der Waals surface area contributed by atoms with Crippen LogP contribution in [0.5, 0.6) is 17.2 Å². The number of benzene rings is 2. The summed E-state index contributed by atoms with van der Waals surface area (Å²) in [5.41, 5.74) is 1.92. The first-order valence-corrected chi connectivity index (χ1v) is 12.4. The predicted octanol–water partition coefficient (Wildman–Crippen LogP) is 3.21. The van der Waals surface area contributed by atoms with E-state index in [1.807, 2.05) is 34.9 Å². The molecule has 0 radical (unpaired) electrons. The average Bonchev–Trinajstić information content (AvgIpc) is 3.65. The number of hydrogen-bond donors (Lipinski definition) is 2. The number of methoxy groups -OCH3 is 1. The van der Waals surface area contributed by atoms with Crippen LogP contribution in [0.2, 0.25) is 0 Å². The number of hydrogen-bond acceptors (Lipinski definition) is 8. The molecule has 14 heteroatoms. The third-order valence-corrected chi connectivity index (χ3v) is 6.98. The van der Waals surface area contributed by atoms with Crippen LogP contribution < -0.4 is 19.5 Å². The summed E-state index contributed by atoms with van der Waals surface area (Å²) in [4.78, 5) is 24.3. The molecular weight excluding hydrogens is 535 g/mol. The van der Waals surface area contributed by atoms with Gasteiger partial charge < -0.3 is 29.2 Å². The molecule has 3 aliphatic heterocycles. The highest BCUT2D eigenvalue weighted by molar-refractivity contribution is 6.01. The topological polar surface area (TPSA) is 128 Å². The highest BCUT2D eigenvalue weighted by atomic mass is 19.4. The van der Waals surface area contributed by atoms with Crippen LogP contribution >= 0.6 is 0 Å². The Labute approximate surface area is 226 Å². The average molecular weight is 562 g/mol. The van der Waals surface area contributed by atoms with Crippen molar-refractivity contribution in [2.45, 2.75) is 25.7 Å². The van der Waals surface area contributed by atoms with Gasteiger partial charge in [0.15, 0.2) is 11.5 Å². The molecule has 2 atom stereocenters. The summed E-state index contributed by atoms with van der Waals surface area (Å²) < 4.78 is 49.8. The summed E-state index contributed by atoms with van der Waals surface area (Å²) in [6.45, 7) is 3.92. The Morgan fingerprint density at radius 2 is 1.75 bits per heavy atom. The Kier molecular flexibility index (Phi) is 7.52. The zero-order valence-corrected chi connectivity index (χ0v) is 21.3. The van der Waals surface area contributed by atoms with Gasteiger partial charge in [0.05, 0.1) is 7.11 Å². The zero-order chi connectivity index (χ0) is 28.4. The molecule has 11 nitrogen and oxygen atoms in total. The SMILES string of the molecule is COc1ccc(NC(=O)c2nnc3n2CC2CN(Cc4ccc5c(c4)OCO5)CC2C3)cc1.O=C(O)C(F)(F)F. The van der Waals surface area contributed by atoms with Gasteiger partial charge in [-0.3, -0.25) is 9.69 Å². The monoisotopic (exact) mass is 561 g/mol. The lowest BCUT2D eigenvalue weighted by molar-refractivity contribution is -0.192. The van der Waals surface area contributed by atoms with Crippen molar-refractivity contribution in [2.24, 2.45) is 11.8 Å². The Balaban J connectivity index is 0.000000411. The number of amides is 1. The van der Waals surface area contributed by atoms with Crippen LogP contribution in [0.1, 0.15) is 22.0 Å². The molecule has 1 fully saturated rings. The molecule has 2 aromatic carbocycles. The fourth-order valence-corrected chi connectivity index (χ4v) is 5.08. The minimum atomic E-state index is -5.08. The van der Waals surface area contributed by atoms with E-state index in [4.69, 9.17) is 24.1 Å². The summed E-state index contributed by atoms with van der Waals surface area (Å²) in [7, 11) is 1.61. The third kappa shape index (κ3) is 5.96. The fraction of sp³-hybridized carbons (Fsp3) is 0.385. The van der Waals surface area contributed by atoms with E-state index in [0.29, 0.717) is 30.1 Å². The first-order valence-electron chi connectivity index (χ1n) is 12.4. The van der Waals surface area contributed by atoms with Gasteiger partial charge in [0, 0.05) is 38.3 Å². The minimum Gasteiger partial charge on any atom is -0.497 e. The molecule has 1 saturated heterocycles. The lowest BCUT2D eigenvalue weighted by Crippen LogP contribution is -2.31. The first kappa shape index (κ1) is 27.2. The number of aliphatic carboxylic acids is 1. The smallest absolute Gasteiger partial charge is 0.490 e.